The van der Waals surface area contributed by atoms with Crippen LogP contribution in [0.5, 0.6) is 0 Å². The lowest BCUT2D eigenvalue weighted by atomic mass is 10.2. The molecule has 0 heterocycles. The van der Waals surface area contributed by atoms with E-state index in [1.165, 1.54) is 24.3 Å². The summed E-state index contributed by atoms with van der Waals surface area (Å²) in [6, 6.07) is 5.62. The molecule has 1 atom stereocenters. The molecule has 1 amide bonds. The van der Waals surface area contributed by atoms with Gasteiger partial charge in [-0.1, -0.05) is 6.92 Å². The van der Waals surface area contributed by atoms with Crippen molar-refractivity contribution in [1.82, 2.24) is 10.0 Å². The van der Waals surface area contributed by atoms with Gasteiger partial charge in [0.1, 0.15) is 0 Å². The van der Waals surface area contributed by atoms with Crippen LogP contribution in [0.2, 0.25) is 0 Å². The molecular formula is C14H22N2O4S. The molecule has 0 aromatic heterocycles. The van der Waals surface area contributed by atoms with Crippen molar-refractivity contribution < 1.29 is 18.3 Å². The molecule has 1 aromatic rings. The van der Waals surface area contributed by atoms with Crippen LogP contribution in [-0.2, 0) is 10.0 Å². The summed E-state index contributed by atoms with van der Waals surface area (Å²) in [4.78, 5) is 11.9. The zero-order chi connectivity index (χ0) is 15.9. The van der Waals surface area contributed by atoms with Gasteiger partial charge in [-0.05, 0) is 44.0 Å². The van der Waals surface area contributed by atoms with E-state index in [9.17, 15) is 13.2 Å². The Kier molecular flexibility index (Phi) is 6.80. The van der Waals surface area contributed by atoms with Gasteiger partial charge in [-0.15, -0.1) is 0 Å². The monoisotopic (exact) mass is 314 g/mol. The Labute approximate surface area is 125 Å². The number of hydrogen-bond acceptors (Lipinski definition) is 4. The average Bonchev–Trinajstić information content (AvgIpc) is 2.47. The molecule has 0 bridgehead atoms. The minimum atomic E-state index is -3.55. The van der Waals surface area contributed by atoms with E-state index >= 15 is 0 Å². The molecule has 0 spiro atoms. The number of hydrogen-bond donors (Lipinski definition) is 3. The Morgan fingerprint density at radius 2 is 1.90 bits per heavy atom. The molecule has 0 radical (unpaired) electrons. The van der Waals surface area contributed by atoms with Crippen LogP contribution < -0.4 is 10.0 Å². The number of aliphatic hydroxyl groups excluding tert-OH is 1. The molecule has 0 aliphatic rings. The van der Waals surface area contributed by atoms with Gasteiger partial charge in [-0.3, -0.25) is 4.79 Å². The van der Waals surface area contributed by atoms with Crippen molar-refractivity contribution in [1.29, 1.82) is 0 Å². The molecule has 3 N–H and O–H groups in total. The standard InChI is InChI=1S/C14H22N2O4S/c1-3-11(2)16-21(19,20)13-7-5-12(6-8-13)14(18)15-9-4-10-17/h5-8,11,16-17H,3-4,9-10H2,1-2H3,(H,15,18). The third kappa shape index (κ3) is 5.45. The molecule has 1 rings (SSSR count). The largest absolute Gasteiger partial charge is 0.396 e. The van der Waals surface area contributed by atoms with E-state index in [0.717, 1.165) is 0 Å². The Hall–Kier alpha value is -1.44. The average molecular weight is 314 g/mol. The third-order valence-corrected chi connectivity index (χ3v) is 4.62. The van der Waals surface area contributed by atoms with E-state index in [1.54, 1.807) is 6.92 Å². The van der Waals surface area contributed by atoms with Crippen molar-refractivity contribution in [3.63, 3.8) is 0 Å². The van der Waals surface area contributed by atoms with Crippen LogP contribution in [0.1, 0.15) is 37.0 Å². The molecule has 6 nitrogen and oxygen atoms in total. The van der Waals surface area contributed by atoms with Crippen molar-refractivity contribution >= 4 is 15.9 Å². The molecule has 0 saturated carbocycles. The van der Waals surface area contributed by atoms with Gasteiger partial charge in [0.05, 0.1) is 4.90 Å². The summed E-state index contributed by atoms with van der Waals surface area (Å²) in [7, 11) is -3.55. The predicted octanol–water partition coefficient (Wildman–Crippen LogP) is 0.876. The van der Waals surface area contributed by atoms with Gasteiger partial charge < -0.3 is 10.4 Å². The van der Waals surface area contributed by atoms with Crippen molar-refractivity contribution in [3.8, 4) is 0 Å². The van der Waals surface area contributed by atoms with Crippen molar-refractivity contribution in [2.45, 2.75) is 37.6 Å². The lowest BCUT2D eigenvalue weighted by Crippen LogP contribution is -2.32. The lowest BCUT2D eigenvalue weighted by Gasteiger charge is -2.12. The first-order chi connectivity index (χ1) is 9.90. The summed E-state index contributed by atoms with van der Waals surface area (Å²) >= 11 is 0. The van der Waals surface area contributed by atoms with E-state index in [1.807, 2.05) is 6.92 Å². The number of amides is 1. The van der Waals surface area contributed by atoms with Crippen LogP contribution >= 0.6 is 0 Å². The van der Waals surface area contributed by atoms with Crippen LogP contribution in [0.15, 0.2) is 29.2 Å². The smallest absolute Gasteiger partial charge is 0.251 e. The summed E-state index contributed by atoms with van der Waals surface area (Å²) in [6.07, 6.45) is 1.18. The SMILES string of the molecule is CCC(C)NS(=O)(=O)c1ccc(C(=O)NCCCO)cc1. The van der Waals surface area contributed by atoms with Crippen LogP contribution in [0.4, 0.5) is 0 Å². The Morgan fingerprint density at radius 1 is 1.29 bits per heavy atom. The van der Waals surface area contributed by atoms with Gasteiger partial charge in [-0.25, -0.2) is 13.1 Å². The normalized spacial score (nSPS) is 12.9. The zero-order valence-corrected chi connectivity index (χ0v) is 13.1. The van der Waals surface area contributed by atoms with E-state index < -0.39 is 10.0 Å². The quantitative estimate of drug-likeness (QED) is 0.621. The molecule has 7 heteroatoms. The number of carbonyl (C=O) groups is 1. The van der Waals surface area contributed by atoms with Crippen molar-refractivity contribution in [2.24, 2.45) is 0 Å². The fourth-order valence-electron chi connectivity index (χ4n) is 1.58. The fourth-order valence-corrected chi connectivity index (χ4v) is 2.91. The second-order valence-corrected chi connectivity index (χ2v) is 6.50. The fraction of sp³-hybridized carbons (Fsp3) is 0.500. The number of rotatable bonds is 8. The summed E-state index contributed by atoms with van der Waals surface area (Å²) in [5.41, 5.74) is 0.385. The molecule has 118 valence electrons. The first-order valence-corrected chi connectivity index (χ1v) is 8.40. The van der Waals surface area contributed by atoms with Gasteiger partial charge in [0.2, 0.25) is 10.0 Å². The minimum Gasteiger partial charge on any atom is -0.396 e. The molecule has 1 unspecified atom stereocenters. The first-order valence-electron chi connectivity index (χ1n) is 6.92. The Bertz CT molecular complexity index is 555. The van der Waals surface area contributed by atoms with Gasteiger partial charge in [0.25, 0.3) is 5.91 Å². The molecule has 0 aliphatic heterocycles. The highest BCUT2D eigenvalue weighted by Crippen LogP contribution is 2.11. The molecule has 1 aromatic carbocycles. The second-order valence-electron chi connectivity index (χ2n) is 4.79. The lowest BCUT2D eigenvalue weighted by molar-refractivity contribution is 0.0951. The van der Waals surface area contributed by atoms with Crippen molar-refractivity contribution in [2.75, 3.05) is 13.2 Å². The van der Waals surface area contributed by atoms with Crippen LogP contribution in [0, 0.1) is 0 Å². The number of sulfonamides is 1. The third-order valence-electron chi connectivity index (χ3n) is 3.02. The van der Waals surface area contributed by atoms with Crippen LogP contribution in [0.25, 0.3) is 0 Å². The van der Waals surface area contributed by atoms with Crippen molar-refractivity contribution in [3.05, 3.63) is 29.8 Å². The topological polar surface area (TPSA) is 95.5 Å². The van der Waals surface area contributed by atoms with Gasteiger partial charge in [0, 0.05) is 24.8 Å². The second kappa shape index (κ2) is 8.11. The number of nitrogens with one attached hydrogen (secondary N) is 2. The Balaban J connectivity index is 2.75. The maximum absolute atomic E-state index is 12.1. The van der Waals surface area contributed by atoms with E-state index in [4.69, 9.17) is 5.11 Å². The molecule has 21 heavy (non-hydrogen) atoms. The van der Waals surface area contributed by atoms with Gasteiger partial charge in [0.15, 0.2) is 0 Å². The first kappa shape index (κ1) is 17.6. The van der Waals surface area contributed by atoms with Crippen LogP contribution in [0.3, 0.4) is 0 Å². The maximum Gasteiger partial charge on any atom is 0.251 e. The summed E-state index contributed by atoms with van der Waals surface area (Å²) in [5, 5.41) is 11.3. The zero-order valence-electron chi connectivity index (χ0n) is 12.3. The number of benzene rings is 1. The van der Waals surface area contributed by atoms with E-state index in [0.29, 0.717) is 24.9 Å². The number of carbonyl (C=O) groups excluding carboxylic acids is 1. The summed E-state index contributed by atoms with van der Waals surface area (Å²) in [5.74, 6) is -0.290. The van der Waals surface area contributed by atoms with E-state index in [-0.39, 0.29) is 23.5 Å². The van der Waals surface area contributed by atoms with E-state index in [2.05, 4.69) is 10.0 Å². The highest BCUT2D eigenvalue weighted by Gasteiger charge is 2.16. The molecule has 0 fully saturated rings. The van der Waals surface area contributed by atoms with Gasteiger partial charge in [-0.2, -0.15) is 0 Å². The molecular weight excluding hydrogens is 292 g/mol. The van der Waals surface area contributed by atoms with Crippen LogP contribution in [-0.4, -0.2) is 38.6 Å². The predicted molar refractivity (Wildman–Crippen MR) is 80.6 cm³/mol. The highest BCUT2D eigenvalue weighted by molar-refractivity contribution is 7.89. The van der Waals surface area contributed by atoms with Gasteiger partial charge >= 0.3 is 0 Å². The summed E-state index contributed by atoms with van der Waals surface area (Å²) < 4.78 is 26.7. The Morgan fingerprint density at radius 3 is 2.43 bits per heavy atom. The molecule has 0 aliphatic carbocycles. The maximum atomic E-state index is 12.1. The summed E-state index contributed by atoms with van der Waals surface area (Å²) in [6.45, 7) is 4.08. The number of aliphatic hydroxyl groups is 1. The molecule has 0 saturated heterocycles. The highest BCUT2D eigenvalue weighted by atomic mass is 32.2. The minimum absolute atomic E-state index is 0.0126.